The number of hydrogen-bond acceptors (Lipinski definition) is 3. The van der Waals surface area contributed by atoms with Crippen LogP contribution in [-0.4, -0.2) is 31.0 Å². The number of hydrogen-bond donors (Lipinski definition) is 1. The second kappa shape index (κ2) is 3.92. The molecule has 0 saturated heterocycles. The fourth-order valence-electron chi connectivity index (χ4n) is 1.33. The van der Waals surface area contributed by atoms with Crippen LogP contribution in [0.5, 0.6) is 0 Å². The first-order chi connectivity index (χ1) is 5.67. The predicted molar refractivity (Wildman–Crippen MR) is 45.8 cm³/mol. The molecule has 0 bridgehead atoms. The Morgan fingerprint density at radius 3 is 3.00 bits per heavy atom. The zero-order valence-corrected chi connectivity index (χ0v) is 7.67. The monoisotopic (exact) mass is 172 g/mol. The topological polar surface area (TPSA) is 38.7 Å². The molecule has 0 aromatic rings. The summed E-state index contributed by atoms with van der Waals surface area (Å²) in [4.78, 5) is 0. The van der Waals surface area contributed by atoms with Crippen LogP contribution < -0.4 is 0 Å². The van der Waals surface area contributed by atoms with Gasteiger partial charge in [0.25, 0.3) is 0 Å². The first-order valence-corrected chi connectivity index (χ1v) is 4.19. The minimum absolute atomic E-state index is 0.322. The predicted octanol–water partition coefficient (Wildman–Crippen LogP) is 1.08. The van der Waals surface area contributed by atoms with E-state index in [2.05, 4.69) is 0 Å². The van der Waals surface area contributed by atoms with E-state index in [-0.39, 0.29) is 0 Å². The lowest BCUT2D eigenvalue weighted by atomic mass is 9.93. The smallest absolute Gasteiger partial charge is 0.109 e. The third kappa shape index (κ3) is 2.22. The second-order valence-electron chi connectivity index (χ2n) is 3.32. The van der Waals surface area contributed by atoms with Crippen molar-refractivity contribution in [2.24, 2.45) is 0 Å². The Labute approximate surface area is 73.0 Å². The summed E-state index contributed by atoms with van der Waals surface area (Å²) in [5, 5.41) is 9.87. The summed E-state index contributed by atoms with van der Waals surface area (Å²) in [6.45, 7) is 2.83. The van der Waals surface area contributed by atoms with Crippen molar-refractivity contribution >= 4 is 0 Å². The maximum atomic E-state index is 9.87. The van der Waals surface area contributed by atoms with E-state index in [0.717, 1.165) is 25.0 Å². The van der Waals surface area contributed by atoms with E-state index in [1.807, 2.05) is 0 Å². The van der Waals surface area contributed by atoms with Gasteiger partial charge in [0.2, 0.25) is 0 Å². The standard InChI is InChI=1S/C9H16O3/c1-9(10,7-11-2)8-4-3-5-12-6-8/h6,10H,3-5,7H2,1-2H3. The first-order valence-electron chi connectivity index (χ1n) is 4.19. The molecule has 1 heterocycles. The molecule has 0 spiro atoms. The van der Waals surface area contributed by atoms with Crippen LogP contribution in [-0.2, 0) is 9.47 Å². The van der Waals surface area contributed by atoms with E-state index >= 15 is 0 Å². The largest absolute Gasteiger partial charge is 0.501 e. The van der Waals surface area contributed by atoms with Crippen molar-refractivity contribution in [1.29, 1.82) is 0 Å². The third-order valence-corrected chi connectivity index (χ3v) is 2.05. The van der Waals surface area contributed by atoms with Crippen molar-refractivity contribution in [2.45, 2.75) is 25.4 Å². The Morgan fingerprint density at radius 1 is 1.75 bits per heavy atom. The highest BCUT2D eigenvalue weighted by atomic mass is 16.5. The van der Waals surface area contributed by atoms with E-state index in [9.17, 15) is 5.11 Å². The number of aliphatic hydroxyl groups is 1. The molecule has 0 saturated carbocycles. The van der Waals surface area contributed by atoms with Crippen LogP contribution in [0.25, 0.3) is 0 Å². The Morgan fingerprint density at radius 2 is 2.50 bits per heavy atom. The normalized spacial score (nSPS) is 22.4. The second-order valence-corrected chi connectivity index (χ2v) is 3.32. The maximum Gasteiger partial charge on any atom is 0.109 e. The van der Waals surface area contributed by atoms with Crippen LogP contribution in [0.2, 0.25) is 0 Å². The molecule has 1 aliphatic heterocycles. The van der Waals surface area contributed by atoms with Gasteiger partial charge >= 0.3 is 0 Å². The molecule has 3 nitrogen and oxygen atoms in total. The highest BCUT2D eigenvalue weighted by Gasteiger charge is 2.27. The fraction of sp³-hybridized carbons (Fsp3) is 0.778. The molecule has 0 aromatic heterocycles. The molecular weight excluding hydrogens is 156 g/mol. The van der Waals surface area contributed by atoms with Gasteiger partial charge < -0.3 is 14.6 Å². The molecule has 12 heavy (non-hydrogen) atoms. The fourth-order valence-corrected chi connectivity index (χ4v) is 1.33. The van der Waals surface area contributed by atoms with Gasteiger partial charge in [0.15, 0.2) is 0 Å². The molecule has 1 atom stereocenters. The number of methoxy groups -OCH3 is 1. The summed E-state index contributed by atoms with van der Waals surface area (Å²) in [6, 6.07) is 0. The minimum atomic E-state index is -0.866. The van der Waals surface area contributed by atoms with Crippen LogP contribution in [0.15, 0.2) is 11.8 Å². The van der Waals surface area contributed by atoms with E-state index in [0.29, 0.717) is 6.61 Å². The van der Waals surface area contributed by atoms with Gasteiger partial charge in [-0.15, -0.1) is 0 Å². The van der Waals surface area contributed by atoms with Crippen molar-refractivity contribution in [3.63, 3.8) is 0 Å². The quantitative estimate of drug-likeness (QED) is 0.692. The Balaban J connectivity index is 2.59. The van der Waals surface area contributed by atoms with Gasteiger partial charge in [-0.25, -0.2) is 0 Å². The summed E-state index contributed by atoms with van der Waals surface area (Å²) < 4.78 is 10.1. The van der Waals surface area contributed by atoms with E-state index < -0.39 is 5.60 Å². The molecule has 1 unspecified atom stereocenters. The van der Waals surface area contributed by atoms with E-state index in [1.165, 1.54) is 0 Å². The Hall–Kier alpha value is -0.540. The lowest BCUT2D eigenvalue weighted by molar-refractivity contribution is 0.00304. The first kappa shape index (κ1) is 9.55. The van der Waals surface area contributed by atoms with Gasteiger partial charge in [-0.1, -0.05) is 0 Å². The summed E-state index contributed by atoms with van der Waals surface area (Å²) >= 11 is 0. The summed E-state index contributed by atoms with van der Waals surface area (Å²) in [7, 11) is 1.58. The van der Waals surface area contributed by atoms with Gasteiger partial charge in [-0.2, -0.15) is 0 Å². The summed E-state index contributed by atoms with van der Waals surface area (Å²) in [5.41, 5.74) is 0.0606. The molecule has 0 radical (unpaired) electrons. The molecule has 1 aliphatic rings. The van der Waals surface area contributed by atoms with Gasteiger partial charge in [-0.3, -0.25) is 0 Å². The zero-order chi connectivity index (χ0) is 9.03. The van der Waals surface area contributed by atoms with Gasteiger partial charge in [-0.05, 0) is 25.3 Å². The molecule has 0 fully saturated rings. The van der Waals surface area contributed by atoms with E-state index in [1.54, 1.807) is 20.3 Å². The van der Waals surface area contributed by atoms with Gasteiger partial charge in [0, 0.05) is 7.11 Å². The van der Waals surface area contributed by atoms with Crippen LogP contribution in [0.4, 0.5) is 0 Å². The van der Waals surface area contributed by atoms with E-state index in [4.69, 9.17) is 9.47 Å². The van der Waals surface area contributed by atoms with Crippen LogP contribution in [0, 0.1) is 0 Å². The van der Waals surface area contributed by atoms with Gasteiger partial charge in [0.05, 0.1) is 19.5 Å². The van der Waals surface area contributed by atoms with Crippen LogP contribution in [0.3, 0.4) is 0 Å². The molecule has 0 aromatic carbocycles. The number of ether oxygens (including phenoxy) is 2. The molecule has 0 amide bonds. The SMILES string of the molecule is COCC(C)(O)C1=COCCC1. The highest BCUT2D eigenvalue weighted by molar-refractivity contribution is 5.14. The number of rotatable bonds is 3. The van der Waals surface area contributed by atoms with Crippen molar-refractivity contribution in [3.8, 4) is 0 Å². The maximum absolute atomic E-state index is 9.87. The molecule has 3 heteroatoms. The van der Waals surface area contributed by atoms with Crippen molar-refractivity contribution < 1.29 is 14.6 Å². The van der Waals surface area contributed by atoms with Gasteiger partial charge in [0.1, 0.15) is 5.60 Å². The van der Waals surface area contributed by atoms with Crippen LogP contribution in [0.1, 0.15) is 19.8 Å². The summed E-state index contributed by atoms with van der Waals surface area (Å²) in [6.07, 6.45) is 3.53. The Bertz CT molecular complexity index is 173. The Kier molecular flexibility index (Phi) is 3.12. The van der Waals surface area contributed by atoms with Crippen molar-refractivity contribution in [3.05, 3.63) is 11.8 Å². The summed E-state index contributed by atoms with van der Waals surface area (Å²) in [5.74, 6) is 0. The molecule has 0 aliphatic carbocycles. The average molecular weight is 172 g/mol. The average Bonchev–Trinajstić information content (AvgIpc) is 2.06. The lowest BCUT2D eigenvalue weighted by Gasteiger charge is -2.27. The molecular formula is C9H16O3. The van der Waals surface area contributed by atoms with Crippen molar-refractivity contribution in [1.82, 2.24) is 0 Å². The molecule has 1 rings (SSSR count). The third-order valence-electron chi connectivity index (χ3n) is 2.05. The lowest BCUT2D eigenvalue weighted by Crippen LogP contribution is -2.33. The van der Waals surface area contributed by atoms with Crippen LogP contribution >= 0.6 is 0 Å². The van der Waals surface area contributed by atoms with Crippen molar-refractivity contribution in [2.75, 3.05) is 20.3 Å². The minimum Gasteiger partial charge on any atom is -0.501 e. The zero-order valence-electron chi connectivity index (χ0n) is 7.67. The molecule has 70 valence electrons. The highest BCUT2D eigenvalue weighted by Crippen LogP contribution is 2.24. The molecule has 1 N–H and O–H groups in total.